The Hall–Kier alpha value is -1.42. The van der Waals surface area contributed by atoms with Gasteiger partial charge in [0.1, 0.15) is 0 Å². The van der Waals surface area contributed by atoms with Crippen LogP contribution in [0.25, 0.3) is 0 Å². The first-order chi connectivity index (χ1) is 13.3. The number of piperidine rings is 1. The SMILES string of the molecule is CCn1ncc(Br)c1CNC(=O)C1CCN(S(=O)(=O)c2ccc(Cl)cc2)CC1. The predicted molar refractivity (Wildman–Crippen MR) is 110 cm³/mol. The number of sulfonamides is 1. The van der Waals surface area contributed by atoms with Gasteiger partial charge in [-0.1, -0.05) is 11.6 Å². The highest BCUT2D eigenvalue weighted by Gasteiger charge is 2.32. The number of amides is 1. The molecule has 28 heavy (non-hydrogen) atoms. The van der Waals surface area contributed by atoms with Crippen LogP contribution in [0, 0.1) is 5.92 Å². The molecular formula is C18H22BrClN4O3S. The van der Waals surface area contributed by atoms with Crippen molar-refractivity contribution in [2.24, 2.45) is 5.92 Å². The molecule has 2 heterocycles. The first-order valence-electron chi connectivity index (χ1n) is 9.06. The number of nitrogens with one attached hydrogen (secondary N) is 1. The predicted octanol–water partition coefficient (Wildman–Crippen LogP) is 3.04. The lowest BCUT2D eigenvalue weighted by Crippen LogP contribution is -2.43. The Morgan fingerprint density at radius 1 is 1.29 bits per heavy atom. The second-order valence-electron chi connectivity index (χ2n) is 6.61. The maximum atomic E-state index is 12.7. The summed E-state index contributed by atoms with van der Waals surface area (Å²) >= 11 is 9.28. The van der Waals surface area contributed by atoms with Crippen molar-refractivity contribution in [1.29, 1.82) is 0 Å². The first kappa shape index (κ1) is 21.3. The van der Waals surface area contributed by atoms with Gasteiger partial charge in [-0.3, -0.25) is 9.48 Å². The van der Waals surface area contributed by atoms with Crippen LogP contribution in [0.4, 0.5) is 0 Å². The lowest BCUT2D eigenvalue weighted by molar-refractivity contribution is -0.126. The van der Waals surface area contributed by atoms with E-state index in [1.807, 2.05) is 11.6 Å². The summed E-state index contributed by atoms with van der Waals surface area (Å²) in [5.74, 6) is -0.257. The van der Waals surface area contributed by atoms with E-state index in [2.05, 4.69) is 26.3 Å². The number of halogens is 2. The van der Waals surface area contributed by atoms with Gasteiger partial charge >= 0.3 is 0 Å². The summed E-state index contributed by atoms with van der Waals surface area (Å²) < 4.78 is 29.6. The molecule has 1 amide bonds. The fourth-order valence-electron chi connectivity index (χ4n) is 3.27. The van der Waals surface area contributed by atoms with Crippen molar-refractivity contribution >= 4 is 43.5 Å². The van der Waals surface area contributed by atoms with Crippen molar-refractivity contribution in [3.63, 3.8) is 0 Å². The highest BCUT2D eigenvalue weighted by Crippen LogP contribution is 2.25. The second kappa shape index (κ2) is 8.94. The van der Waals surface area contributed by atoms with Crippen molar-refractivity contribution in [2.45, 2.75) is 37.8 Å². The number of rotatable bonds is 6. The standard InChI is InChI=1S/C18H22BrClN4O3S/c1-2-24-17(16(19)11-22-24)12-21-18(25)13-7-9-23(10-8-13)28(26,27)15-5-3-14(20)4-6-15/h3-6,11,13H,2,7-10,12H2,1H3,(H,21,25). The largest absolute Gasteiger partial charge is 0.350 e. The van der Waals surface area contributed by atoms with E-state index in [1.54, 1.807) is 18.3 Å². The van der Waals surface area contributed by atoms with E-state index in [-0.39, 0.29) is 16.7 Å². The molecule has 1 saturated heterocycles. The summed E-state index contributed by atoms with van der Waals surface area (Å²) in [6.45, 7) is 3.73. The summed E-state index contributed by atoms with van der Waals surface area (Å²) in [4.78, 5) is 12.7. The maximum absolute atomic E-state index is 12.7. The normalized spacial score (nSPS) is 16.2. The Balaban J connectivity index is 1.56. The summed E-state index contributed by atoms with van der Waals surface area (Å²) in [5, 5.41) is 7.67. The molecular weight excluding hydrogens is 468 g/mol. The van der Waals surface area contributed by atoms with Gasteiger partial charge in [-0.15, -0.1) is 0 Å². The molecule has 0 spiro atoms. The van der Waals surface area contributed by atoms with E-state index in [0.717, 1.165) is 16.7 Å². The van der Waals surface area contributed by atoms with Crippen molar-refractivity contribution in [3.05, 3.63) is 45.7 Å². The molecule has 1 aliphatic rings. The van der Waals surface area contributed by atoms with Crippen LogP contribution in [0.5, 0.6) is 0 Å². The molecule has 1 fully saturated rings. The lowest BCUT2D eigenvalue weighted by Gasteiger charge is -2.30. The summed E-state index contributed by atoms with van der Waals surface area (Å²) in [6, 6.07) is 6.14. The zero-order valence-electron chi connectivity index (χ0n) is 15.4. The molecule has 10 heteroatoms. The van der Waals surface area contributed by atoms with Gasteiger partial charge in [0.2, 0.25) is 15.9 Å². The fraction of sp³-hybridized carbons (Fsp3) is 0.444. The average Bonchev–Trinajstić information content (AvgIpc) is 3.06. The van der Waals surface area contributed by atoms with Crippen molar-refractivity contribution in [1.82, 2.24) is 19.4 Å². The molecule has 0 atom stereocenters. The lowest BCUT2D eigenvalue weighted by atomic mass is 9.97. The molecule has 3 rings (SSSR count). The van der Waals surface area contributed by atoms with Crippen LogP contribution in [0.15, 0.2) is 39.8 Å². The van der Waals surface area contributed by atoms with Gasteiger partial charge in [-0.2, -0.15) is 9.40 Å². The number of hydrogen-bond donors (Lipinski definition) is 1. The molecule has 0 saturated carbocycles. The van der Waals surface area contributed by atoms with Crippen LogP contribution in [-0.4, -0.2) is 41.5 Å². The average molecular weight is 490 g/mol. The Labute approximate surface area is 178 Å². The van der Waals surface area contributed by atoms with E-state index in [9.17, 15) is 13.2 Å². The number of carbonyl (C=O) groups excluding carboxylic acids is 1. The fourth-order valence-corrected chi connectivity index (χ4v) is 5.30. The van der Waals surface area contributed by atoms with Crippen LogP contribution in [0.1, 0.15) is 25.5 Å². The zero-order valence-corrected chi connectivity index (χ0v) is 18.6. The van der Waals surface area contributed by atoms with Crippen LogP contribution < -0.4 is 5.32 Å². The highest BCUT2D eigenvalue weighted by atomic mass is 79.9. The van der Waals surface area contributed by atoms with Crippen molar-refractivity contribution in [2.75, 3.05) is 13.1 Å². The minimum atomic E-state index is -3.57. The Morgan fingerprint density at radius 2 is 1.93 bits per heavy atom. The quantitative estimate of drug-likeness (QED) is 0.676. The third-order valence-corrected chi connectivity index (χ3v) is 7.73. The van der Waals surface area contributed by atoms with Crippen LogP contribution in [0.3, 0.4) is 0 Å². The minimum absolute atomic E-state index is 0.0562. The topological polar surface area (TPSA) is 84.3 Å². The van der Waals surface area contributed by atoms with E-state index in [0.29, 0.717) is 37.5 Å². The Morgan fingerprint density at radius 3 is 2.54 bits per heavy atom. The van der Waals surface area contributed by atoms with Crippen molar-refractivity contribution < 1.29 is 13.2 Å². The monoisotopic (exact) mass is 488 g/mol. The summed E-state index contributed by atoms with van der Waals surface area (Å²) in [7, 11) is -3.57. The zero-order chi connectivity index (χ0) is 20.3. The molecule has 0 unspecified atom stereocenters. The molecule has 1 aromatic carbocycles. The molecule has 2 aromatic rings. The molecule has 1 aliphatic heterocycles. The van der Waals surface area contributed by atoms with Crippen LogP contribution in [-0.2, 0) is 27.9 Å². The number of benzene rings is 1. The summed E-state index contributed by atoms with van der Waals surface area (Å²) in [6.07, 6.45) is 2.70. The van der Waals surface area contributed by atoms with E-state index in [1.165, 1.54) is 16.4 Å². The maximum Gasteiger partial charge on any atom is 0.243 e. The molecule has 1 N–H and O–H groups in total. The minimum Gasteiger partial charge on any atom is -0.350 e. The number of aromatic nitrogens is 2. The van der Waals surface area contributed by atoms with E-state index >= 15 is 0 Å². The third kappa shape index (κ3) is 4.59. The molecule has 0 radical (unpaired) electrons. The second-order valence-corrected chi connectivity index (χ2v) is 9.83. The van der Waals surface area contributed by atoms with Crippen molar-refractivity contribution in [3.8, 4) is 0 Å². The summed E-state index contributed by atoms with van der Waals surface area (Å²) in [5.41, 5.74) is 0.915. The van der Waals surface area contributed by atoms with Gasteiger partial charge in [0.25, 0.3) is 0 Å². The van der Waals surface area contributed by atoms with Crippen LogP contribution in [0.2, 0.25) is 5.02 Å². The Kier molecular flexibility index (Phi) is 6.80. The third-order valence-electron chi connectivity index (χ3n) is 4.90. The molecule has 152 valence electrons. The molecule has 0 bridgehead atoms. The number of nitrogens with zero attached hydrogens (tertiary/aromatic N) is 3. The van der Waals surface area contributed by atoms with E-state index < -0.39 is 10.0 Å². The van der Waals surface area contributed by atoms with Gasteiger partial charge in [-0.05, 0) is 60.0 Å². The number of carbonyl (C=O) groups is 1. The highest BCUT2D eigenvalue weighted by molar-refractivity contribution is 9.10. The number of hydrogen-bond acceptors (Lipinski definition) is 4. The van der Waals surface area contributed by atoms with Crippen LogP contribution >= 0.6 is 27.5 Å². The molecule has 1 aromatic heterocycles. The van der Waals surface area contributed by atoms with Gasteiger partial charge < -0.3 is 5.32 Å². The number of aryl methyl sites for hydroxylation is 1. The van der Waals surface area contributed by atoms with Gasteiger partial charge in [0, 0.05) is 30.6 Å². The first-order valence-corrected chi connectivity index (χ1v) is 11.7. The Bertz CT molecular complexity index is 938. The molecule has 0 aliphatic carbocycles. The van der Waals surface area contributed by atoms with E-state index in [4.69, 9.17) is 11.6 Å². The van der Waals surface area contributed by atoms with Gasteiger partial charge in [0.15, 0.2) is 0 Å². The molecule has 7 nitrogen and oxygen atoms in total. The van der Waals surface area contributed by atoms with Gasteiger partial charge in [-0.25, -0.2) is 8.42 Å². The smallest absolute Gasteiger partial charge is 0.243 e. The van der Waals surface area contributed by atoms with Gasteiger partial charge in [0.05, 0.1) is 27.8 Å².